The van der Waals surface area contributed by atoms with Gasteiger partial charge in [0.25, 0.3) is 0 Å². The number of rotatable bonds is 11. The Kier molecular flexibility index (Phi) is 14.6. The number of halogens is 1. The number of benzene rings is 1. The maximum Gasteiger partial charge on any atom is 0.191 e. The summed E-state index contributed by atoms with van der Waals surface area (Å²) >= 11 is 0. The molecule has 0 unspecified atom stereocenters. The van der Waals surface area contributed by atoms with Crippen molar-refractivity contribution >= 4 is 29.9 Å². The van der Waals surface area contributed by atoms with E-state index in [4.69, 9.17) is 4.99 Å². The predicted molar refractivity (Wildman–Crippen MR) is 134 cm³/mol. The summed E-state index contributed by atoms with van der Waals surface area (Å²) in [5, 5.41) is 6.83. The molecule has 0 aliphatic rings. The Balaban J connectivity index is 0.00000729. The van der Waals surface area contributed by atoms with Crippen molar-refractivity contribution in [2.24, 2.45) is 4.99 Å². The maximum absolute atomic E-state index is 4.76. The Morgan fingerprint density at radius 2 is 1.68 bits per heavy atom. The van der Waals surface area contributed by atoms with Gasteiger partial charge in [-0.25, -0.2) is 4.99 Å². The van der Waals surface area contributed by atoms with Gasteiger partial charge in [-0.05, 0) is 66.3 Å². The van der Waals surface area contributed by atoms with Crippen LogP contribution in [0.15, 0.2) is 29.3 Å². The lowest BCUT2D eigenvalue weighted by Crippen LogP contribution is -2.41. The molecule has 0 radical (unpaired) electrons. The van der Waals surface area contributed by atoms with Crippen LogP contribution in [0.3, 0.4) is 0 Å². The average molecular weight is 504 g/mol. The molecule has 0 aliphatic heterocycles. The molecule has 1 aromatic rings. The number of nitrogens with one attached hydrogen (secondary N) is 2. The van der Waals surface area contributed by atoms with E-state index in [0.29, 0.717) is 18.6 Å². The molecule has 5 nitrogen and oxygen atoms in total. The van der Waals surface area contributed by atoms with Gasteiger partial charge in [-0.3, -0.25) is 4.90 Å². The lowest BCUT2D eigenvalue weighted by molar-refractivity contribution is 0.173. The van der Waals surface area contributed by atoms with Crippen molar-refractivity contribution in [2.45, 2.75) is 66.2 Å². The minimum absolute atomic E-state index is 0. The lowest BCUT2D eigenvalue weighted by Gasteiger charge is -2.30. The molecule has 28 heavy (non-hydrogen) atoms. The molecule has 0 saturated heterocycles. The molecular weight excluding hydrogens is 461 g/mol. The van der Waals surface area contributed by atoms with E-state index in [-0.39, 0.29) is 24.0 Å². The van der Waals surface area contributed by atoms with Gasteiger partial charge < -0.3 is 15.5 Å². The van der Waals surface area contributed by atoms with E-state index in [1.54, 1.807) is 0 Å². The van der Waals surface area contributed by atoms with E-state index >= 15 is 0 Å². The van der Waals surface area contributed by atoms with Crippen LogP contribution in [-0.4, -0.2) is 61.6 Å². The van der Waals surface area contributed by atoms with Crippen LogP contribution in [0, 0.1) is 0 Å². The van der Waals surface area contributed by atoms with Crippen LogP contribution in [0.2, 0.25) is 0 Å². The molecule has 0 saturated carbocycles. The third kappa shape index (κ3) is 11.2. The fraction of sp³-hybridized carbons (Fsp3) is 0.682. The van der Waals surface area contributed by atoms with E-state index in [1.807, 2.05) is 0 Å². The second-order valence-electron chi connectivity index (χ2n) is 7.96. The Labute approximate surface area is 190 Å². The molecule has 0 heterocycles. The molecule has 6 heteroatoms. The zero-order valence-electron chi connectivity index (χ0n) is 19.0. The van der Waals surface area contributed by atoms with Crippen LogP contribution < -0.4 is 10.6 Å². The molecule has 0 aromatic heterocycles. The first kappa shape index (κ1) is 27.1. The third-order valence-electron chi connectivity index (χ3n) is 4.47. The number of aliphatic imine (C=N–C) groups is 1. The Morgan fingerprint density at radius 1 is 1.04 bits per heavy atom. The summed E-state index contributed by atoms with van der Waals surface area (Å²) in [6.45, 7) is 15.7. The van der Waals surface area contributed by atoms with E-state index in [9.17, 15) is 0 Å². The molecule has 0 bridgehead atoms. The normalized spacial score (nSPS) is 12.0. The Morgan fingerprint density at radius 3 is 2.25 bits per heavy atom. The van der Waals surface area contributed by atoms with Gasteiger partial charge in [0, 0.05) is 38.3 Å². The highest BCUT2D eigenvalue weighted by Crippen LogP contribution is 2.08. The minimum Gasteiger partial charge on any atom is -0.357 e. The largest absolute Gasteiger partial charge is 0.357 e. The lowest BCUT2D eigenvalue weighted by atomic mass is 10.1. The topological polar surface area (TPSA) is 42.9 Å². The predicted octanol–water partition coefficient (Wildman–Crippen LogP) is 3.93. The molecule has 0 amide bonds. The number of nitrogens with zero attached hydrogens (tertiary/aromatic N) is 3. The SMILES string of the molecule is CCNC(=NCc1cccc(CN(C)C)c1)NCCCN(C(C)C)C(C)C.I. The van der Waals surface area contributed by atoms with E-state index in [2.05, 4.69) is 93.4 Å². The third-order valence-corrected chi connectivity index (χ3v) is 4.47. The van der Waals surface area contributed by atoms with Crippen LogP contribution in [0.1, 0.15) is 52.2 Å². The highest BCUT2D eigenvalue weighted by atomic mass is 127. The second-order valence-corrected chi connectivity index (χ2v) is 7.96. The number of guanidine groups is 1. The average Bonchev–Trinajstić information content (AvgIpc) is 2.58. The summed E-state index contributed by atoms with van der Waals surface area (Å²) in [5.41, 5.74) is 2.57. The van der Waals surface area contributed by atoms with Gasteiger partial charge in [0.05, 0.1) is 6.54 Å². The van der Waals surface area contributed by atoms with Crippen LogP contribution in [0.25, 0.3) is 0 Å². The first-order valence-electron chi connectivity index (χ1n) is 10.3. The Hall–Kier alpha value is -0.860. The molecule has 1 aromatic carbocycles. The standard InChI is InChI=1S/C22H41N5.HI/c1-8-23-22(24-13-10-14-27(18(2)3)19(4)5)25-16-20-11-9-12-21(15-20)17-26(6)7;/h9,11-12,15,18-19H,8,10,13-14,16-17H2,1-7H3,(H2,23,24,25);1H. The first-order valence-corrected chi connectivity index (χ1v) is 10.3. The molecule has 0 atom stereocenters. The highest BCUT2D eigenvalue weighted by Gasteiger charge is 2.12. The first-order chi connectivity index (χ1) is 12.8. The Bertz CT molecular complexity index is 550. The maximum atomic E-state index is 4.76. The highest BCUT2D eigenvalue weighted by molar-refractivity contribution is 14.0. The van der Waals surface area contributed by atoms with Gasteiger partial charge in [-0.15, -0.1) is 24.0 Å². The van der Waals surface area contributed by atoms with Gasteiger partial charge in [0.15, 0.2) is 5.96 Å². The molecule has 0 fully saturated rings. The molecule has 2 N–H and O–H groups in total. The quantitative estimate of drug-likeness (QED) is 0.208. The smallest absolute Gasteiger partial charge is 0.191 e. The van der Waals surface area contributed by atoms with E-state index < -0.39 is 0 Å². The van der Waals surface area contributed by atoms with Crippen LogP contribution in [0.5, 0.6) is 0 Å². The fourth-order valence-electron chi connectivity index (χ4n) is 3.28. The number of hydrogen-bond donors (Lipinski definition) is 2. The summed E-state index contributed by atoms with van der Waals surface area (Å²) < 4.78 is 0. The van der Waals surface area contributed by atoms with Crippen LogP contribution >= 0.6 is 24.0 Å². The summed E-state index contributed by atoms with van der Waals surface area (Å²) in [5.74, 6) is 0.899. The van der Waals surface area contributed by atoms with Gasteiger partial charge in [-0.2, -0.15) is 0 Å². The van der Waals surface area contributed by atoms with Crippen molar-refractivity contribution < 1.29 is 0 Å². The fourth-order valence-corrected chi connectivity index (χ4v) is 3.28. The minimum atomic E-state index is 0. The number of hydrogen-bond acceptors (Lipinski definition) is 3. The molecule has 162 valence electrons. The van der Waals surface area contributed by atoms with Crippen molar-refractivity contribution in [2.75, 3.05) is 33.7 Å². The summed E-state index contributed by atoms with van der Waals surface area (Å²) in [6, 6.07) is 9.86. The van der Waals surface area contributed by atoms with E-state index in [0.717, 1.165) is 38.6 Å². The van der Waals surface area contributed by atoms with Crippen molar-refractivity contribution in [1.29, 1.82) is 0 Å². The van der Waals surface area contributed by atoms with E-state index in [1.165, 1.54) is 11.1 Å². The summed E-state index contributed by atoms with van der Waals surface area (Å²) in [7, 11) is 4.19. The molecule has 0 spiro atoms. The van der Waals surface area contributed by atoms with Gasteiger partial charge >= 0.3 is 0 Å². The monoisotopic (exact) mass is 503 g/mol. The molecule has 0 aliphatic carbocycles. The summed E-state index contributed by atoms with van der Waals surface area (Å²) in [6.07, 6.45) is 1.11. The zero-order valence-corrected chi connectivity index (χ0v) is 21.3. The van der Waals surface area contributed by atoms with Crippen molar-refractivity contribution in [3.8, 4) is 0 Å². The van der Waals surface area contributed by atoms with Crippen LogP contribution in [0.4, 0.5) is 0 Å². The van der Waals surface area contributed by atoms with Crippen molar-refractivity contribution in [3.05, 3.63) is 35.4 Å². The summed E-state index contributed by atoms with van der Waals surface area (Å²) in [4.78, 5) is 9.47. The molecular formula is C22H42IN5. The zero-order chi connectivity index (χ0) is 20.2. The van der Waals surface area contributed by atoms with Gasteiger partial charge in [-0.1, -0.05) is 24.3 Å². The van der Waals surface area contributed by atoms with Crippen molar-refractivity contribution in [3.63, 3.8) is 0 Å². The second kappa shape index (κ2) is 15.0. The van der Waals surface area contributed by atoms with Gasteiger partial charge in [0.2, 0.25) is 0 Å². The molecule has 1 rings (SSSR count). The van der Waals surface area contributed by atoms with Crippen LogP contribution in [-0.2, 0) is 13.1 Å². The van der Waals surface area contributed by atoms with Gasteiger partial charge in [0.1, 0.15) is 0 Å². The van der Waals surface area contributed by atoms with Crippen molar-refractivity contribution in [1.82, 2.24) is 20.4 Å².